The van der Waals surface area contributed by atoms with Crippen LogP contribution in [0.15, 0.2) is 35.1 Å². The van der Waals surface area contributed by atoms with Crippen molar-refractivity contribution in [1.29, 1.82) is 0 Å². The van der Waals surface area contributed by atoms with Crippen molar-refractivity contribution in [3.63, 3.8) is 0 Å². The van der Waals surface area contributed by atoms with Crippen molar-refractivity contribution in [3.8, 4) is 0 Å². The maximum Gasteiger partial charge on any atom is 0.254 e. The van der Waals surface area contributed by atoms with Crippen molar-refractivity contribution >= 4 is 17.2 Å². The summed E-state index contributed by atoms with van der Waals surface area (Å²) < 4.78 is 0. The summed E-state index contributed by atoms with van der Waals surface area (Å²) in [7, 11) is 0. The number of nitrogens with zero attached hydrogens (tertiary/aromatic N) is 3. The molecule has 1 aliphatic rings. The molecule has 1 aliphatic heterocycles. The molecule has 0 radical (unpaired) electrons. The molecule has 1 amide bonds. The fourth-order valence-electron chi connectivity index (χ4n) is 4.12. The van der Waals surface area contributed by atoms with Gasteiger partial charge in [-0.2, -0.15) is 0 Å². The van der Waals surface area contributed by atoms with Crippen LogP contribution in [0.1, 0.15) is 57.1 Å². The van der Waals surface area contributed by atoms with Crippen LogP contribution >= 0.6 is 11.3 Å². The van der Waals surface area contributed by atoms with E-state index in [0.29, 0.717) is 30.8 Å². The third-order valence-electron chi connectivity index (χ3n) is 5.66. The zero-order valence-electron chi connectivity index (χ0n) is 17.6. The lowest BCUT2D eigenvalue weighted by molar-refractivity contribution is -0.131. The lowest BCUT2D eigenvalue weighted by atomic mass is 10.0. The summed E-state index contributed by atoms with van der Waals surface area (Å²) in [5.74, 6) is 0.662. The molecule has 1 aromatic carbocycles. The highest BCUT2D eigenvalue weighted by molar-refractivity contribution is 7.11. The SMILES string of the molecule is Cc1nc(C)c(CC(=O)N2CCC[C@H]2c2nc(C)c(Cc3ccccc3)c(=O)[nH]2)s1. The summed E-state index contributed by atoms with van der Waals surface area (Å²) >= 11 is 1.57. The second-order valence-corrected chi connectivity index (χ2v) is 9.13. The van der Waals surface area contributed by atoms with Gasteiger partial charge in [0.2, 0.25) is 5.91 Å². The van der Waals surface area contributed by atoms with Gasteiger partial charge in [-0.05, 0) is 39.2 Å². The van der Waals surface area contributed by atoms with E-state index >= 15 is 0 Å². The van der Waals surface area contributed by atoms with Crippen LogP contribution in [0, 0.1) is 20.8 Å². The van der Waals surface area contributed by atoms with Crippen LogP contribution in [0.3, 0.4) is 0 Å². The number of nitrogens with one attached hydrogen (secondary N) is 1. The Hall–Kier alpha value is -2.80. The first-order valence-electron chi connectivity index (χ1n) is 10.3. The van der Waals surface area contributed by atoms with E-state index in [1.165, 1.54) is 0 Å². The number of aryl methyl sites for hydroxylation is 3. The second-order valence-electron chi connectivity index (χ2n) is 7.84. The fourth-order valence-corrected chi connectivity index (χ4v) is 5.05. The Kier molecular flexibility index (Phi) is 5.81. The second kappa shape index (κ2) is 8.52. The Morgan fingerprint density at radius 3 is 2.60 bits per heavy atom. The van der Waals surface area contributed by atoms with Crippen molar-refractivity contribution in [2.75, 3.05) is 6.54 Å². The summed E-state index contributed by atoms with van der Waals surface area (Å²) in [5.41, 5.74) is 3.29. The number of benzene rings is 1. The van der Waals surface area contributed by atoms with E-state index in [2.05, 4.69) is 9.97 Å². The molecular weight excluding hydrogens is 396 g/mol. The number of amides is 1. The van der Waals surface area contributed by atoms with E-state index in [0.717, 1.165) is 39.7 Å². The fraction of sp³-hybridized carbons (Fsp3) is 0.391. The Morgan fingerprint density at radius 2 is 1.93 bits per heavy atom. The molecule has 2 aromatic heterocycles. The molecule has 30 heavy (non-hydrogen) atoms. The number of likely N-dealkylation sites (tertiary alicyclic amines) is 1. The maximum absolute atomic E-state index is 13.0. The number of aromatic amines is 1. The molecule has 156 valence electrons. The zero-order chi connectivity index (χ0) is 21.3. The van der Waals surface area contributed by atoms with Gasteiger partial charge in [-0.15, -0.1) is 11.3 Å². The molecule has 1 atom stereocenters. The first-order chi connectivity index (χ1) is 14.4. The van der Waals surface area contributed by atoms with Gasteiger partial charge in [0.1, 0.15) is 5.82 Å². The molecule has 1 N–H and O–H groups in total. The topological polar surface area (TPSA) is 79.0 Å². The van der Waals surface area contributed by atoms with Crippen molar-refractivity contribution in [3.05, 3.63) is 78.9 Å². The molecule has 0 aliphatic carbocycles. The third kappa shape index (κ3) is 4.21. The number of H-pyrrole nitrogens is 1. The van der Waals surface area contributed by atoms with Crippen LogP contribution in [0.5, 0.6) is 0 Å². The van der Waals surface area contributed by atoms with Crippen molar-refractivity contribution in [1.82, 2.24) is 19.9 Å². The van der Waals surface area contributed by atoms with Crippen LogP contribution < -0.4 is 5.56 Å². The van der Waals surface area contributed by atoms with E-state index in [9.17, 15) is 9.59 Å². The molecule has 0 saturated carbocycles. The van der Waals surface area contributed by atoms with Gasteiger partial charge in [-0.1, -0.05) is 30.3 Å². The lowest BCUT2D eigenvalue weighted by Crippen LogP contribution is -2.34. The first kappa shape index (κ1) is 20.5. The van der Waals surface area contributed by atoms with Gasteiger partial charge in [0.05, 0.1) is 23.2 Å². The molecule has 7 heteroatoms. The van der Waals surface area contributed by atoms with Crippen molar-refractivity contribution in [2.24, 2.45) is 0 Å². The van der Waals surface area contributed by atoms with E-state index in [1.54, 1.807) is 11.3 Å². The highest BCUT2D eigenvalue weighted by Gasteiger charge is 2.32. The summed E-state index contributed by atoms with van der Waals surface area (Å²) in [6, 6.07) is 9.73. The van der Waals surface area contributed by atoms with E-state index in [-0.39, 0.29) is 17.5 Å². The van der Waals surface area contributed by atoms with E-state index < -0.39 is 0 Å². The van der Waals surface area contributed by atoms with E-state index in [4.69, 9.17) is 4.98 Å². The van der Waals surface area contributed by atoms with Crippen LogP contribution in [0.4, 0.5) is 0 Å². The minimum absolute atomic E-state index is 0.0675. The van der Waals surface area contributed by atoms with Crippen molar-refractivity contribution < 1.29 is 4.79 Å². The smallest absolute Gasteiger partial charge is 0.254 e. The average molecular weight is 423 g/mol. The zero-order valence-corrected chi connectivity index (χ0v) is 18.4. The number of carbonyl (C=O) groups excluding carboxylic acids is 1. The molecule has 1 saturated heterocycles. The van der Waals surface area contributed by atoms with Crippen LogP contribution in [-0.2, 0) is 17.6 Å². The van der Waals surface area contributed by atoms with Gasteiger partial charge < -0.3 is 9.88 Å². The van der Waals surface area contributed by atoms with Gasteiger partial charge in [-0.3, -0.25) is 9.59 Å². The Morgan fingerprint density at radius 1 is 1.17 bits per heavy atom. The number of thiazole rings is 1. The monoisotopic (exact) mass is 422 g/mol. The summed E-state index contributed by atoms with van der Waals surface area (Å²) in [6.45, 7) is 6.47. The summed E-state index contributed by atoms with van der Waals surface area (Å²) in [5, 5.41) is 0.976. The number of aromatic nitrogens is 3. The minimum Gasteiger partial charge on any atom is -0.332 e. The Balaban J connectivity index is 1.56. The molecule has 3 aromatic rings. The number of carbonyl (C=O) groups is 1. The highest BCUT2D eigenvalue weighted by atomic mass is 32.1. The standard InChI is InChI=1S/C23H26N4O2S/c1-14-18(12-17-8-5-4-6-9-17)23(29)26-22(25-14)19-10-7-11-27(19)21(28)13-20-15(2)24-16(3)30-20/h4-6,8-9,19H,7,10-13H2,1-3H3,(H,25,26,29)/t19-/m0/s1. The van der Waals surface area contributed by atoms with Crippen LogP contribution in [0.2, 0.25) is 0 Å². The van der Waals surface area contributed by atoms with Crippen LogP contribution in [0.25, 0.3) is 0 Å². The third-order valence-corrected chi connectivity index (χ3v) is 6.74. The first-order valence-corrected chi connectivity index (χ1v) is 11.1. The van der Waals surface area contributed by atoms with Gasteiger partial charge in [0.15, 0.2) is 0 Å². The molecular formula is C23H26N4O2S. The molecule has 6 nitrogen and oxygen atoms in total. The van der Waals surface area contributed by atoms with Gasteiger partial charge >= 0.3 is 0 Å². The summed E-state index contributed by atoms with van der Waals surface area (Å²) in [6.07, 6.45) is 2.62. The molecule has 1 fully saturated rings. The molecule has 4 rings (SSSR count). The maximum atomic E-state index is 13.0. The summed E-state index contributed by atoms with van der Waals surface area (Å²) in [4.78, 5) is 40.8. The van der Waals surface area contributed by atoms with Gasteiger partial charge in [0.25, 0.3) is 5.56 Å². The number of rotatable bonds is 5. The number of hydrogen-bond acceptors (Lipinski definition) is 5. The van der Waals surface area contributed by atoms with E-state index in [1.807, 2.05) is 56.0 Å². The Bertz CT molecular complexity index is 1120. The lowest BCUT2D eigenvalue weighted by Gasteiger charge is -2.24. The minimum atomic E-state index is -0.177. The predicted molar refractivity (Wildman–Crippen MR) is 118 cm³/mol. The number of hydrogen-bond donors (Lipinski definition) is 1. The normalized spacial score (nSPS) is 16.2. The average Bonchev–Trinajstić information content (AvgIpc) is 3.32. The molecule has 3 heterocycles. The molecule has 0 bridgehead atoms. The predicted octanol–water partition coefficient (Wildman–Crippen LogP) is 3.65. The highest BCUT2D eigenvalue weighted by Crippen LogP contribution is 2.31. The largest absolute Gasteiger partial charge is 0.332 e. The van der Waals surface area contributed by atoms with Gasteiger partial charge in [0, 0.05) is 29.1 Å². The van der Waals surface area contributed by atoms with Gasteiger partial charge in [-0.25, -0.2) is 9.97 Å². The quantitative estimate of drug-likeness (QED) is 0.681. The molecule has 0 unspecified atom stereocenters. The molecule has 0 spiro atoms. The van der Waals surface area contributed by atoms with Crippen molar-refractivity contribution in [2.45, 2.75) is 52.5 Å². The van der Waals surface area contributed by atoms with Crippen LogP contribution in [-0.4, -0.2) is 32.3 Å². The Labute approximate surface area is 180 Å².